The van der Waals surface area contributed by atoms with Gasteiger partial charge in [-0.05, 0) is 26.2 Å². The first-order valence-electron chi connectivity index (χ1n) is 8.19. The van der Waals surface area contributed by atoms with E-state index >= 15 is 0 Å². The predicted molar refractivity (Wildman–Crippen MR) is 90.7 cm³/mol. The second-order valence-electron chi connectivity index (χ2n) is 6.88. The average molecular weight is 349 g/mol. The van der Waals surface area contributed by atoms with Crippen LogP contribution in [0.15, 0.2) is 0 Å². The van der Waals surface area contributed by atoms with E-state index in [2.05, 4.69) is 14.9 Å². The van der Waals surface area contributed by atoms with E-state index < -0.39 is 16.1 Å². The van der Waals surface area contributed by atoms with Crippen molar-refractivity contribution in [3.05, 3.63) is 0 Å². The molecule has 0 unspecified atom stereocenters. The van der Waals surface area contributed by atoms with Crippen molar-refractivity contribution < 1.29 is 17.9 Å². The third kappa shape index (κ3) is 8.64. The fourth-order valence-corrected chi connectivity index (χ4v) is 3.59. The number of carbonyl (C=O) groups excluding carboxylic acids is 1. The molecule has 1 fully saturated rings. The summed E-state index contributed by atoms with van der Waals surface area (Å²) in [5.74, 6) is -0.0422. The lowest BCUT2D eigenvalue weighted by Crippen LogP contribution is -2.51. The van der Waals surface area contributed by atoms with E-state index in [1.54, 1.807) is 0 Å². The number of rotatable bonds is 8. The second-order valence-corrected chi connectivity index (χ2v) is 8.66. The molecule has 1 amide bonds. The molecule has 3 atom stereocenters. The van der Waals surface area contributed by atoms with E-state index in [1.165, 1.54) is 0 Å². The summed E-state index contributed by atoms with van der Waals surface area (Å²) >= 11 is 0. The molecule has 23 heavy (non-hydrogen) atoms. The maximum absolute atomic E-state index is 12.2. The highest BCUT2D eigenvalue weighted by Crippen LogP contribution is 2.10. The molecule has 0 aromatic heterocycles. The number of morpholine rings is 1. The van der Waals surface area contributed by atoms with Gasteiger partial charge in [0.25, 0.3) is 0 Å². The number of amides is 1. The lowest BCUT2D eigenvalue weighted by molar-refractivity contribution is -0.123. The molecule has 1 heterocycles. The first-order valence-corrected chi connectivity index (χ1v) is 10.1. The summed E-state index contributed by atoms with van der Waals surface area (Å²) in [5.41, 5.74) is 0. The number of hydrogen-bond acceptors (Lipinski definition) is 5. The number of nitrogens with one attached hydrogen (secondary N) is 2. The van der Waals surface area contributed by atoms with Crippen molar-refractivity contribution in [2.45, 2.75) is 52.4 Å². The highest BCUT2D eigenvalue weighted by molar-refractivity contribution is 7.88. The smallest absolute Gasteiger partial charge is 0.238 e. The maximum Gasteiger partial charge on any atom is 0.238 e. The molecule has 0 radical (unpaired) electrons. The quantitative estimate of drug-likeness (QED) is 0.652. The summed E-state index contributed by atoms with van der Waals surface area (Å²) in [6, 6.07) is -0.715. The molecule has 0 aromatic rings. The number of hydrogen-bond donors (Lipinski definition) is 2. The molecule has 0 spiro atoms. The normalized spacial score (nSPS) is 24.6. The van der Waals surface area contributed by atoms with Crippen LogP contribution in [0.4, 0.5) is 0 Å². The molecule has 7 nitrogen and oxygen atoms in total. The van der Waals surface area contributed by atoms with Crippen molar-refractivity contribution in [1.29, 1.82) is 0 Å². The Morgan fingerprint density at radius 1 is 1.26 bits per heavy atom. The van der Waals surface area contributed by atoms with Gasteiger partial charge in [0, 0.05) is 26.2 Å². The molecule has 0 saturated carbocycles. The molecule has 0 bridgehead atoms. The SMILES string of the molecule is CC(C)C[C@H](NS(C)(=O)=O)C(=O)NCCN1C[C@@H](C)O[C@H](C)C1. The van der Waals surface area contributed by atoms with Crippen molar-refractivity contribution in [3.63, 3.8) is 0 Å². The third-order valence-electron chi connectivity index (χ3n) is 3.60. The van der Waals surface area contributed by atoms with Crippen LogP contribution in [-0.4, -0.2) is 69.9 Å². The van der Waals surface area contributed by atoms with Gasteiger partial charge in [-0.2, -0.15) is 0 Å². The number of ether oxygens (including phenoxy) is 1. The summed E-state index contributed by atoms with van der Waals surface area (Å²) < 4.78 is 30.9. The molecule has 1 aliphatic rings. The predicted octanol–water partition coefficient (Wildman–Crippen LogP) is 0.176. The Morgan fingerprint density at radius 2 is 1.83 bits per heavy atom. The van der Waals surface area contributed by atoms with Gasteiger partial charge >= 0.3 is 0 Å². The lowest BCUT2D eigenvalue weighted by Gasteiger charge is -2.35. The van der Waals surface area contributed by atoms with Crippen molar-refractivity contribution >= 4 is 15.9 Å². The van der Waals surface area contributed by atoms with Crippen LogP contribution in [0.5, 0.6) is 0 Å². The molecule has 1 saturated heterocycles. The Kier molecular flexibility index (Phi) is 7.93. The number of sulfonamides is 1. The number of nitrogens with zero attached hydrogens (tertiary/aromatic N) is 1. The van der Waals surface area contributed by atoms with Crippen molar-refractivity contribution in [3.8, 4) is 0 Å². The highest BCUT2D eigenvalue weighted by Gasteiger charge is 2.24. The number of carbonyl (C=O) groups is 1. The van der Waals surface area contributed by atoms with Gasteiger partial charge < -0.3 is 10.1 Å². The van der Waals surface area contributed by atoms with Gasteiger partial charge in [0.15, 0.2) is 0 Å². The van der Waals surface area contributed by atoms with Crippen LogP contribution in [0, 0.1) is 5.92 Å². The van der Waals surface area contributed by atoms with Crippen molar-refractivity contribution in [1.82, 2.24) is 14.9 Å². The summed E-state index contributed by atoms with van der Waals surface area (Å²) in [6.07, 6.45) is 1.93. The van der Waals surface area contributed by atoms with Gasteiger partial charge in [-0.25, -0.2) is 13.1 Å². The van der Waals surface area contributed by atoms with Crippen LogP contribution < -0.4 is 10.0 Å². The van der Waals surface area contributed by atoms with Crippen LogP contribution >= 0.6 is 0 Å². The monoisotopic (exact) mass is 349 g/mol. The van der Waals surface area contributed by atoms with E-state index in [-0.39, 0.29) is 24.0 Å². The first-order chi connectivity index (χ1) is 10.6. The molecule has 2 N–H and O–H groups in total. The summed E-state index contributed by atoms with van der Waals surface area (Å²) in [5, 5.41) is 2.84. The van der Waals surface area contributed by atoms with Crippen molar-refractivity contribution in [2.24, 2.45) is 5.92 Å². The van der Waals surface area contributed by atoms with Crippen LogP contribution in [0.3, 0.4) is 0 Å². The summed E-state index contributed by atoms with van der Waals surface area (Å²) in [7, 11) is -3.41. The van der Waals surface area contributed by atoms with Gasteiger partial charge in [0.2, 0.25) is 15.9 Å². The lowest BCUT2D eigenvalue weighted by atomic mass is 10.0. The van der Waals surface area contributed by atoms with E-state index in [0.29, 0.717) is 13.0 Å². The topological polar surface area (TPSA) is 87.7 Å². The van der Waals surface area contributed by atoms with E-state index in [4.69, 9.17) is 4.74 Å². The first kappa shape index (κ1) is 20.3. The minimum absolute atomic E-state index is 0.190. The van der Waals surface area contributed by atoms with Gasteiger partial charge in [0.1, 0.15) is 6.04 Å². The van der Waals surface area contributed by atoms with Gasteiger partial charge in [-0.3, -0.25) is 9.69 Å². The Balaban J connectivity index is 2.45. The van der Waals surface area contributed by atoms with E-state index in [1.807, 2.05) is 27.7 Å². The summed E-state index contributed by atoms with van der Waals surface area (Å²) in [4.78, 5) is 14.5. The minimum Gasteiger partial charge on any atom is -0.373 e. The fourth-order valence-electron chi connectivity index (χ4n) is 2.87. The molecule has 136 valence electrons. The average Bonchev–Trinajstić information content (AvgIpc) is 2.34. The second kappa shape index (κ2) is 8.96. The van der Waals surface area contributed by atoms with Gasteiger partial charge in [0.05, 0.1) is 18.5 Å². The molecule has 1 aliphatic heterocycles. The van der Waals surface area contributed by atoms with E-state index in [0.717, 1.165) is 25.9 Å². The molecular weight excluding hydrogens is 318 g/mol. The molecule has 1 rings (SSSR count). The molecule has 0 aromatic carbocycles. The van der Waals surface area contributed by atoms with Crippen LogP contribution in [0.1, 0.15) is 34.1 Å². The highest BCUT2D eigenvalue weighted by atomic mass is 32.2. The van der Waals surface area contributed by atoms with Crippen LogP contribution in [-0.2, 0) is 19.6 Å². The Morgan fingerprint density at radius 3 is 2.30 bits per heavy atom. The van der Waals surface area contributed by atoms with Crippen LogP contribution in [0.2, 0.25) is 0 Å². The van der Waals surface area contributed by atoms with Gasteiger partial charge in [-0.15, -0.1) is 0 Å². The van der Waals surface area contributed by atoms with Gasteiger partial charge in [-0.1, -0.05) is 13.8 Å². The fraction of sp³-hybridized carbons (Fsp3) is 0.933. The van der Waals surface area contributed by atoms with E-state index in [9.17, 15) is 13.2 Å². The molecule has 0 aliphatic carbocycles. The zero-order valence-corrected chi connectivity index (χ0v) is 15.6. The standard InChI is InChI=1S/C15H31N3O4S/c1-11(2)8-14(17-23(5,20)21)15(19)16-6-7-18-9-12(3)22-13(4)10-18/h11-14,17H,6-10H2,1-5H3,(H,16,19)/t12-,13-,14+/m1/s1. The Labute approximate surface area is 140 Å². The summed E-state index contributed by atoms with van der Waals surface area (Å²) in [6.45, 7) is 10.9. The molecular formula is C15H31N3O4S. The third-order valence-corrected chi connectivity index (χ3v) is 4.32. The Hall–Kier alpha value is -0.700. The Bertz CT molecular complexity index is 471. The largest absolute Gasteiger partial charge is 0.373 e. The minimum atomic E-state index is -3.41. The van der Waals surface area contributed by atoms with Crippen molar-refractivity contribution in [2.75, 3.05) is 32.4 Å². The zero-order chi connectivity index (χ0) is 17.6. The van der Waals surface area contributed by atoms with Crippen LogP contribution in [0.25, 0.3) is 0 Å². The maximum atomic E-state index is 12.2. The molecule has 8 heteroatoms. The zero-order valence-electron chi connectivity index (χ0n) is 14.8.